The molecule has 1 aromatic carbocycles. The molecule has 0 spiro atoms. The standard InChI is InChI=1S/C12H13BrO4/c1-11-10(12(2,16-14-11)17-15-11)7-8-3-5-9(13)6-4-8/h3-6,10H,7H2,1-2H3. The number of benzene rings is 1. The van der Waals surface area contributed by atoms with Crippen LogP contribution in [-0.4, -0.2) is 11.6 Å². The zero-order chi connectivity index (χ0) is 12.1. The predicted molar refractivity (Wildman–Crippen MR) is 62.5 cm³/mol. The van der Waals surface area contributed by atoms with Crippen molar-refractivity contribution < 1.29 is 19.6 Å². The van der Waals surface area contributed by atoms with Crippen molar-refractivity contribution in [1.29, 1.82) is 0 Å². The minimum Gasteiger partial charge on any atom is -0.195 e. The van der Waals surface area contributed by atoms with Crippen LogP contribution in [0.3, 0.4) is 0 Å². The van der Waals surface area contributed by atoms with E-state index in [2.05, 4.69) is 28.1 Å². The summed E-state index contributed by atoms with van der Waals surface area (Å²) in [5.41, 5.74) is 1.19. The summed E-state index contributed by atoms with van der Waals surface area (Å²) >= 11 is 3.42. The molecule has 0 aromatic heterocycles. The van der Waals surface area contributed by atoms with E-state index in [-0.39, 0.29) is 5.92 Å². The van der Waals surface area contributed by atoms with Gasteiger partial charge in [0.25, 0.3) is 0 Å². The van der Waals surface area contributed by atoms with E-state index in [1.54, 1.807) is 0 Å². The lowest BCUT2D eigenvalue weighted by atomic mass is 9.87. The molecule has 17 heavy (non-hydrogen) atoms. The molecule has 0 radical (unpaired) electrons. The highest BCUT2D eigenvalue weighted by atomic mass is 79.9. The van der Waals surface area contributed by atoms with Crippen LogP contribution in [0.15, 0.2) is 28.7 Å². The molecule has 0 unspecified atom stereocenters. The summed E-state index contributed by atoms with van der Waals surface area (Å²) in [6, 6.07) is 8.16. The molecule has 0 saturated carbocycles. The van der Waals surface area contributed by atoms with E-state index in [0.29, 0.717) is 0 Å². The topological polar surface area (TPSA) is 36.9 Å². The van der Waals surface area contributed by atoms with Crippen LogP contribution >= 0.6 is 15.9 Å². The van der Waals surface area contributed by atoms with Gasteiger partial charge in [-0.1, -0.05) is 28.1 Å². The number of halogens is 1. The van der Waals surface area contributed by atoms with Crippen LogP contribution in [-0.2, 0) is 26.0 Å². The Morgan fingerprint density at radius 3 is 1.94 bits per heavy atom. The molecule has 0 N–H and O–H groups in total. The average Bonchev–Trinajstić information content (AvgIpc) is 2.69. The van der Waals surface area contributed by atoms with Gasteiger partial charge < -0.3 is 0 Å². The van der Waals surface area contributed by atoms with Gasteiger partial charge in [0, 0.05) is 4.47 Å². The van der Waals surface area contributed by atoms with E-state index in [9.17, 15) is 0 Å². The molecule has 2 bridgehead atoms. The van der Waals surface area contributed by atoms with Crippen molar-refractivity contribution in [3.63, 3.8) is 0 Å². The van der Waals surface area contributed by atoms with Crippen LogP contribution in [0.1, 0.15) is 19.4 Å². The molecule has 92 valence electrons. The molecule has 2 saturated heterocycles. The highest BCUT2D eigenvalue weighted by Crippen LogP contribution is 2.51. The molecule has 5 heteroatoms. The molecule has 2 fully saturated rings. The molecule has 2 aliphatic rings. The van der Waals surface area contributed by atoms with Gasteiger partial charge in [0.1, 0.15) is 0 Å². The molecule has 0 amide bonds. The Labute approximate surface area is 108 Å². The second kappa shape index (κ2) is 3.76. The summed E-state index contributed by atoms with van der Waals surface area (Å²) in [6.07, 6.45) is 0.778. The number of hydrogen-bond donors (Lipinski definition) is 0. The van der Waals surface area contributed by atoms with Crippen LogP contribution in [0.5, 0.6) is 0 Å². The second-order valence-corrected chi connectivity index (χ2v) is 5.66. The Bertz CT molecular complexity index is 405. The third-order valence-electron chi connectivity index (χ3n) is 3.36. The molecule has 0 aliphatic carbocycles. The summed E-state index contributed by atoms with van der Waals surface area (Å²) in [5.74, 6) is -1.62. The van der Waals surface area contributed by atoms with Crippen molar-refractivity contribution in [3.05, 3.63) is 34.3 Å². The summed E-state index contributed by atoms with van der Waals surface area (Å²) in [5, 5.41) is 0. The molecule has 4 nitrogen and oxygen atoms in total. The minimum absolute atomic E-state index is 0.0103. The van der Waals surface area contributed by atoms with Crippen LogP contribution in [0.2, 0.25) is 0 Å². The van der Waals surface area contributed by atoms with Gasteiger partial charge >= 0.3 is 0 Å². The van der Waals surface area contributed by atoms with Crippen molar-refractivity contribution >= 4 is 15.9 Å². The average molecular weight is 301 g/mol. The van der Waals surface area contributed by atoms with E-state index in [0.717, 1.165) is 10.9 Å². The summed E-state index contributed by atoms with van der Waals surface area (Å²) in [6.45, 7) is 3.66. The minimum atomic E-state index is -0.818. The molecule has 3 rings (SSSR count). The maximum atomic E-state index is 5.19. The van der Waals surface area contributed by atoms with Gasteiger partial charge in [0.05, 0.1) is 5.92 Å². The van der Waals surface area contributed by atoms with Crippen molar-refractivity contribution in [2.75, 3.05) is 0 Å². The lowest BCUT2D eigenvalue weighted by Gasteiger charge is -2.20. The maximum Gasteiger partial charge on any atom is 0.239 e. The van der Waals surface area contributed by atoms with Crippen molar-refractivity contribution in [1.82, 2.24) is 0 Å². The van der Waals surface area contributed by atoms with E-state index in [1.807, 2.05) is 26.0 Å². The summed E-state index contributed by atoms with van der Waals surface area (Å²) in [7, 11) is 0. The third kappa shape index (κ3) is 1.82. The molecular formula is C12H13BrO4. The van der Waals surface area contributed by atoms with E-state index < -0.39 is 11.6 Å². The second-order valence-electron chi connectivity index (χ2n) is 4.75. The van der Waals surface area contributed by atoms with Crippen LogP contribution < -0.4 is 0 Å². The Morgan fingerprint density at radius 2 is 1.47 bits per heavy atom. The quantitative estimate of drug-likeness (QED) is 0.787. The predicted octanol–water partition coefficient (Wildman–Crippen LogP) is 2.96. The fourth-order valence-electron chi connectivity index (χ4n) is 2.29. The van der Waals surface area contributed by atoms with Gasteiger partial charge in [0.2, 0.25) is 11.6 Å². The van der Waals surface area contributed by atoms with Crippen molar-refractivity contribution in [3.8, 4) is 0 Å². The summed E-state index contributed by atoms with van der Waals surface area (Å²) in [4.78, 5) is 20.8. The first kappa shape index (κ1) is 11.6. The smallest absolute Gasteiger partial charge is 0.195 e. The largest absolute Gasteiger partial charge is 0.239 e. The highest BCUT2D eigenvalue weighted by Gasteiger charge is 2.66. The Balaban J connectivity index is 1.84. The first-order valence-electron chi connectivity index (χ1n) is 5.50. The van der Waals surface area contributed by atoms with Crippen molar-refractivity contribution in [2.45, 2.75) is 31.8 Å². The number of fused-ring (bicyclic) bond motifs is 2. The van der Waals surface area contributed by atoms with Gasteiger partial charge in [0.15, 0.2) is 0 Å². The molecule has 2 heterocycles. The van der Waals surface area contributed by atoms with Gasteiger partial charge in [-0.05, 0) is 38.0 Å². The normalized spacial score (nSPS) is 39.8. The fraction of sp³-hybridized carbons (Fsp3) is 0.500. The third-order valence-corrected chi connectivity index (χ3v) is 3.89. The maximum absolute atomic E-state index is 5.19. The Kier molecular flexibility index (Phi) is 2.57. The van der Waals surface area contributed by atoms with E-state index in [1.165, 1.54) is 5.56 Å². The van der Waals surface area contributed by atoms with Crippen LogP contribution in [0.25, 0.3) is 0 Å². The molecule has 1 aromatic rings. The first-order valence-corrected chi connectivity index (χ1v) is 6.29. The van der Waals surface area contributed by atoms with Crippen molar-refractivity contribution in [2.24, 2.45) is 5.92 Å². The zero-order valence-electron chi connectivity index (χ0n) is 9.60. The fourth-order valence-corrected chi connectivity index (χ4v) is 2.56. The van der Waals surface area contributed by atoms with Crippen LogP contribution in [0, 0.1) is 5.92 Å². The highest BCUT2D eigenvalue weighted by molar-refractivity contribution is 9.10. The molecule has 2 aliphatic heterocycles. The Morgan fingerprint density at radius 1 is 1.00 bits per heavy atom. The summed E-state index contributed by atoms with van der Waals surface area (Å²) < 4.78 is 1.06. The first-order chi connectivity index (χ1) is 8.02. The van der Waals surface area contributed by atoms with Crippen LogP contribution in [0.4, 0.5) is 0 Å². The SMILES string of the molecule is CC12OOC(C)(OO1)C2Cc1ccc(Br)cc1. The number of hydrogen-bond acceptors (Lipinski definition) is 4. The van der Waals surface area contributed by atoms with Gasteiger partial charge in [-0.25, -0.2) is 0 Å². The zero-order valence-corrected chi connectivity index (χ0v) is 11.2. The molecular weight excluding hydrogens is 288 g/mol. The lowest BCUT2D eigenvalue weighted by Crippen LogP contribution is -2.34. The number of rotatable bonds is 2. The van der Waals surface area contributed by atoms with E-state index in [4.69, 9.17) is 19.6 Å². The van der Waals surface area contributed by atoms with Gasteiger partial charge in [-0.3, -0.25) is 0 Å². The Hall–Kier alpha value is -0.460. The monoisotopic (exact) mass is 300 g/mol. The van der Waals surface area contributed by atoms with E-state index >= 15 is 0 Å². The lowest BCUT2D eigenvalue weighted by molar-refractivity contribution is -0.583. The van der Waals surface area contributed by atoms with Gasteiger partial charge in [-0.2, -0.15) is 19.6 Å². The van der Waals surface area contributed by atoms with Gasteiger partial charge in [-0.15, -0.1) is 0 Å². The molecule has 0 atom stereocenters.